The second kappa shape index (κ2) is 7.75. The summed E-state index contributed by atoms with van der Waals surface area (Å²) in [6.07, 6.45) is -0.0316. The summed E-state index contributed by atoms with van der Waals surface area (Å²) in [5.41, 5.74) is 4.08. The highest BCUT2D eigenvalue weighted by Crippen LogP contribution is 2.25. The Labute approximate surface area is 157 Å². The van der Waals surface area contributed by atoms with Crippen molar-refractivity contribution in [1.82, 2.24) is 9.99 Å². The maximum Gasteiger partial charge on any atom is 0.355 e. The van der Waals surface area contributed by atoms with Crippen LogP contribution in [0, 0.1) is 13.8 Å². The molecule has 1 aromatic carbocycles. The van der Waals surface area contributed by atoms with E-state index >= 15 is 0 Å². The third kappa shape index (κ3) is 3.93. The number of benzene rings is 1. The highest BCUT2D eigenvalue weighted by Gasteiger charge is 2.25. The van der Waals surface area contributed by atoms with Crippen LogP contribution in [0.5, 0.6) is 0 Å². The van der Waals surface area contributed by atoms with Gasteiger partial charge in [-0.2, -0.15) is 5.10 Å². The molecule has 0 saturated carbocycles. The third-order valence-electron chi connectivity index (χ3n) is 4.64. The Hall–Kier alpha value is -2.93. The van der Waals surface area contributed by atoms with Crippen molar-refractivity contribution in [3.63, 3.8) is 0 Å². The van der Waals surface area contributed by atoms with Crippen LogP contribution >= 0.6 is 0 Å². The lowest BCUT2D eigenvalue weighted by molar-refractivity contribution is -0.134. The molecule has 1 aliphatic rings. The minimum Gasteiger partial charge on any atom is -0.451 e. The Morgan fingerprint density at radius 1 is 1.30 bits per heavy atom. The molecule has 142 valence electrons. The normalized spacial score (nSPS) is 14.8. The number of aryl methyl sites for hydroxylation is 1. The lowest BCUT2D eigenvalue weighted by Crippen LogP contribution is -2.29. The number of esters is 1. The monoisotopic (exact) mass is 369 g/mol. The highest BCUT2D eigenvalue weighted by molar-refractivity contribution is 6.02. The van der Waals surface area contributed by atoms with E-state index in [1.54, 1.807) is 20.8 Å². The molecule has 2 aromatic rings. The van der Waals surface area contributed by atoms with Crippen LogP contribution in [0.25, 0.3) is 0 Å². The van der Waals surface area contributed by atoms with E-state index in [2.05, 4.69) is 10.1 Å². The number of H-pyrrole nitrogens is 1. The molecule has 27 heavy (non-hydrogen) atoms. The largest absolute Gasteiger partial charge is 0.451 e. The van der Waals surface area contributed by atoms with E-state index in [9.17, 15) is 14.7 Å². The van der Waals surface area contributed by atoms with E-state index in [1.165, 1.54) is 5.01 Å². The zero-order chi connectivity index (χ0) is 19.6. The highest BCUT2D eigenvalue weighted by atomic mass is 16.5. The van der Waals surface area contributed by atoms with Crippen molar-refractivity contribution in [3.8, 4) is 0 Å². The standard InChI is InChI=1S/C20H23N3O4/c1-12-18(14(3)24)13(2)21-19(12)20(26)27-11-17(25)23-10-9-16(22-23)15-7-5-4-6-8-15/h4-8,14,21,24H,9-11H2,1-3H3/t14-/m1/s1. The number of hydrogen-bond acceptors (Lipinski definition) is 5. The number of aromatic nitrogens is 1. The number of aliphatic hydroxyl groups is 1. The number of nitrogens with one attached hydrogen (secondary N) is 1. The van der Waals surface area contributed by atoms with E-state index in [0.717, 1.165) is 11.3 Å². The van der Waals surface area contributed by atoms with Gasteiger partial charge in [0.25, 0.3) is 5.91 Å². The summed E-state index contributed by atoms with van der Waals surface area (Å²) in [7, 11) is 0. The summed E-state index contributed by atoms with van der Waals surface area (Å²) < 4.78 is 5.16. The van der Waals surface area contributed by atoms with E-state index in [1.807, 2.05) is 30.3 Å². The summed E-state index contributed by atoms with van der Waals surface area (Å²) in [6.45, 7) is 5.23. The van der Waals surface area contributed by atoms with Gasteiger partial charge in [-0.3, -0.25) is 4.79 Å². The number of carbonyl (C=O) groups is 2. The number of nitrogens with zero attached hydrogens (tertiary/aromatic N) is 2. The molecule has 0 spiro atoms. The van der Waals surface area contributed by atoms with Crippen molar-refractivity contribution >= 4 is 17.6 Å². The van der Waals surface area contributed by atoms with Crippen molar-refractivity contribution in [2.45, 2.75) is 33.3 Å². The van der Waals surface area contributed by atoms with Crippen molar-refractivity contribution in [2.24, 2.45) is 5.10 Å². The SMILES string of the molecule is Cc1[nH]c(C(=O)OCC(=O)N2CCC(c3ccccc3)=N2)c(C)c1[C@@H](C)O. The predicted octanol–water partition coefficient (Wildman–Crippen LogP) is 2.48. The van der Waals surface area contributed by atoms with Gasteiger partial charge in [0.15, 0.2) is 6.61 Å². The predicted molar refractivity (Wildman–Crippen MR) is 100 cm³/mol. The smallest absolute Gasteiger partial charge is 0.355 e. The van der Waals surface area contributed by atoms with Gasteiger partial charge in [-0.05, 0) is 31.9 Å². The zero-order valence-electron chi connectivity index (χ0n) is 15.7. The maximum atomic E-state index is 12.3. The number of hydrazone groups is 1. The number of hydrogen-bond donors (Lipinski definition) is 2. The minimum atomic E-state index is -0.695. The maximum absolute atomic E-state index is 12.3. The molecule has 2 N–H and O–H groups in total. The van der Waals surface area contributed by atoms with Crippen LogP contribution in [0.4, 0.5) is 0 Å². The fourth-order valence-electron chi connectivity index (χ4n) is 3.34. The van der Waals surface area contributed by atoms with Crippen LogP contribution in [0.15, 0.2) is 35.4 Å². The van der Waals surface area contributed by atoms with Gasteiger partial charge in [0.2, 0.25) is 0 Å². The molecule has 7 heteroatoms. The van der Waals surface area contributed by atoms with Crippen molar-refractivity contribution < 1.29 is 19.4 Å². The van der Waals surface area contributed by atoms with Gasteiger partial charge in [0.05, 0.1) is 18.4 Å². The van der Waals surface area contributed by atoms with Crippen LogP contribution in [0.2, 0.25) is 0 Å². The molecule has 0 unspecified atom stereocenters. The number of aromatic amines is 1. The molecule has 0 bridgehead atoms. The summed E-state index contributed by atoms with van der Waals surface area (Å²) in [6, 6.07) is 9.67. The fourth-order valence-corrected chi connectivity index (χ4v) is 3.34. The molecular formula is C20H23N3O4. The number of rotatable bonds is 5. The molecule has 0 saturated heterocycles. The van der Waals surface area contributed by atoms with Crippen LogP contribution in [0.1, 0.15) is 52.3 Å². The number of carbonyl (C=O) groups excluding carboxylic acids is 2. The minimum absolute atomic E-state index is 0.256. The quantitative estimate of drug-likeness (QED) is 0.792. The molecular weight excluding hydrogens is 346 g/mol. The molecule has 0 aliphatic carbocycles. The van der Waals surface area contributed by atoms with Crippen molar-refractivity contribution in [3.05, 3.63) is 58.4 Å². The molecule has 1 aliphatic heterocycles. The molecule has 3 rings (SSSR count). The van der Waals surface area contributed by atoms with Crippen LogP contribution in [-0.2, 0) is 9.53 Å². The fraction of sp³-hybridized carbons (Fsp3) is 0.350. The Bertz CT molecular complexity index is 884. The molecule has 0 radical (unpaired) electrons. The van der Waals surface area contributed by atoms with Gasteiger partial charge in [0.1, 0.15) is 5.69 Å². The average molecular weight is 369 g/mol. The first-order valence-electron chi connectivity index (χ1n) is 8.86. The van der Waals surface area contributed by atoms with Gasteiger partial charge in [-0.25, -0.2) is 9.80 Å². The molecule has 0 fully saturated rings. The van der Waals surface area contributed by atoms with Crippen LogP contribution in [-0.4, -0.2) is 45.8 Å². The van der Waals surface area contributed by atoms with Gasteiger partial charge in [-0.1, -0.05) is 30.3 Å². The Balaban J connectivity index is 1.62. The van der Waals surface area contributed by atoms with E-state index < -0.39 is 12.1 Å². The Kier molecular flexibility index (Phi) is 5.41. The Morgan fingerprint density at radius 3 is 2.63 bits per heavy atom. The topological polar surface area (TPSA) is 95.0 Å². The molecule has 1 aromatic heterocycles. The number of aliphatic hydroxyl groups excluding tert-OH is 1. The first kappa shape index (κ1) is 18.8. The van der Waals surface area contributed by atoms with E-state index in [-0.39, 0.29) is 18.2 Å². The summed E-state index contributed by atoms with van der Waals surface area (Å²) in [5.74, 6) is -0.992. The van der Waals surface area contributed by atoms with Gasteiger partial charge in [-0.15, -0.1) is 0 Å². The summed E-state index contributed by atoms with van der Waals surface area (Å²) in [5, 5.41) is 15.5. The first-order valence-corrected chi connectivity index (χ1v) is 8.86. The molecule has 7 nitrogen and oxygen atoms in total. The van der Waals surface area contributed by atoms with Crippen LogP contribution in [0.3, 0.4) is 0 Å². The Morgan fingerprint density at radius 2 is 2.00 bits per heavy atom. The third-order valence-corrected chi connectivity index (χ3v) is 4.64. The summed E-state index contributed by atoms with van der Waals surface area (Å²) in [4.78, 5) is 27.6. The number of amides is 1. The van der Waals surface area contributed by atoms with Crippen molar-refractivity contribution in [2.75, 3.05) is 13.2 Å². The van der Waals surface area contributed by atoms with Gasteiger partial charge < -0.3 is 14.8 Å². The van der Waals surface area contributed by atoms with Gasteiger partial charge >= 0.3 is 5.97 Å². The number of ether oxygens (including phenoxy) is 1. The van der Waals surface area contributed by atoms with Crippen LogP contribution < -0.4 is 0 Å². The average Bonchev–Trinajstić information content (AvgIpc) is 3.25. The first-order chi connectivity index (χ1) is 12.9. The lowest BCUT2D eigenvalue weighted by Gasteiger charge is -2.11. The molecule has 2 heterocycles. The second-order valence-corrected chi connectivity index (χ2v) is 6.60. The molecule has 1 atom stereocenters. The second-order valence-electron chi connectivity index (χ2n) is 6.60. The summed E-state index contributed by atoms with van der Waals surface area (Å²) >= 11 is 0. The zero-order valence-corrected chi connectivity index (χ0v) is 15.7. The molecule has 1 amide bonds. The van der Waals surface area contributed by atoms with Gasteiger partial charge in [0, 0.05) is 17.7 Å². The van der Waals surface area contributed by atoms with Crippen molar-refractivity contribution in [1.29, 1.82) is 0 Å². The van der Waals surface area contributed by atoms with E-state index in [0.29, 0.717) is 29.8 Å². The lowest BCUT2D eigenvalue weighted by atomic mass is 10.1. The van der Waals surface area contributed by atoms with E-state index in [4.69, 9.17) is 4.74 Å².